The number of benzene rings is 5. The highest BCUT2D eigenvalue weighted by Gasteiger charge is 2.09. The summed E-state index contributed by atoms with van der Waals surface area (Å²) in [6.45, 7) is 7.44. The molecule has 5 aromatic carbocycles. The number of H-pyrrole nitrogens is 1. The van der Waals surface area contributed by atoms with E-state index in [1.165, 1.54) is 44.3 Å². The van der Waals surface area contributed by atoms with Gasteiger partial charge in [0.25, 0.3) is 0 Å². The summed E-state index contributed by atoms with van der Waals surface area (Å²) < 4.78 is 0. The van der Waals surface area contributed by atoms with E-state index in [4.69, 9.17) is 10.5 Å². The number of anilines is 1. The lowest BCUT2D eigenvalue weighted by molar-refractivity contribution is 0.922. The molecular formula is C43H38N4. The van der Waals surface area contributed by atoms with Gasteiger partial charge < -0.3 is 9.88 Å². The Balaban J connectivity index is 0.000000139. The molecule has 230 valence electrons. The lowest BCUT2D eigenvalue weighted by Crippen LogP contribution is -2.21. The van der Waals surface area contributed by atoms with Crippen LogP contribution in [0, 0.1) is 36.5 Å². The van der Waals surface area contributed by atoms with Crippen LogP contribution in [0.15, 0.2) is 151 Å². The van der Waals surface area contributed by atoms with Gasteiger partial charge in [-0.25, -0.2) is 0 Å². The minimum atomic E-state index is 0.650. The Kier molecular flexibility index (Phi) is 10.8. The van der Waals surface area contributed by atoms with Crippen molar-refractivity contribution in [3.63, 3.8) is 0 Å². The van der Waals surface area contributed by atoms with Gasteiger partial charge in [0.05, 0.1) is 23.3 Å². The number of fused-ring (bicyclic) bond motifs is 3. The molecule has 1 heterocycles. The molecule has 0 amide bonds. The Bertz CT molecular complexity index is 2060. The van der Waals surface area contributed by atoms with E-state index in [2.05, 4.69) is 140 Å². The average molecular weight is 611 g/mol. The fourth-order valence-electron chi connectivity index (χ4n) is 5.48. The Morgan fingerprint density at radius 2 is 1.23 bits per heavy atom. The van der Waals surface area contributed by atoms with Gasteiger partial charge in [-0.2, -0.15) is 10.5 Å². The lowest BCUT2D eigenvalue weighted by Gasteiger charge is -2.25. The smallest absolute Gasteiger partial charge is 0.0991 e. The predicted octanol–water partition coefficient (Wildman–Crippen LogP) is 10.9. The monoisotopic (exact) mass is 610 g/mol. The van der Waals surface area contributed by atoms with Gasteiger partial charge in [0.15, 0.2) is 0 Å². The minimum absolute atomic E-state index is 0.650. The normalized spacial score (nSPS) is 11.6. The van der Waals surface area contributed by atoms with Gasteiger partial charge in [-0.05, 0) is 92.6 Å². The van der Waals surface area contributed by atoms with Gasteiger partial charge in [0.2, 0.25) is 0 Å². The zero-order valence-electron chi connectivity index (χ0n) is 27.1. The molecule has 0 radical (unpaired) electrons. The molecule has 0 saturated carbocycles. The van der Waals surface area contributed by atoms with Crippen molar-refractivity contribution >= 4 is 27.5 Å². The van der Waals surface area contributed by atoms with Crippen LogP contribution in [0.1, 0.15) is 35.6 Å². The molecule has 0 atom stereocenters. The van der Waals surface area contributed by atoms with Crippen LogP contribution in [0.5, 0.6) is 0 Å². The third kappa shape index (κ3) is 8.34. The molecule has 4 heteroatoms. The topological polar surface area (TPSA) is 66.6 Å². The molecule has 1 aliphatic carbocycles. The van der Waals surface area contributed by atoms with Crippen LogP contribution < -0.4 is 4.90 Å². The van der Waals surface area contributed by atoms with Crippen LogP contribution >= 0.6 is 0 Å². The molecular weight excluding hydrogens is 573 g/mol. The van der Waals surface area contributed by atoms with Crippen molar-refractivity contribution in [2.45, 2.75) is 27.2 Å². The number of nitriles is 2. The van der Waals surface area contributed by atoms with E-state index in [1.807, 2.05) is 24.3 Å². The second-order valence-electron chi connectivity index (χ2n) is 11.4. The highest BCUT2D eigenvalue weighted by atomic mass is 15.1. The molecule has 47 heavy (non-hydrogen) atoms. The number of rotatable bonds is 4. The van der Waals surface area contributed by atoms with E-state index in [9.17, 15) is 0 Å². The molecule has 4 nitrogen and oxygen atoms in total. The van der Waals surface area contributed by atoms with E-state index < -0.39 is 0 Å². The van der Waals surface area contributed by atoms with Crippen molar-refractivity contribution in [3.8, 4) is 23.3 Å². The van der Waals surface area contributed by atoms with E-state index >= 15 is 0 Å². The standard InChI is InChI=1S/C16H19N.C14H8N2.C13H11N/c1-3-17(15-8-6-4-5-7-9-15)16-12-10-14(2)11-13-16;15-9-11-1-5-13(6-2-11)14-7-3-12(10-16)4-8-14;1-9-6-7-13-11(8-9)10-4-2-3-5-12(10)14-13/h4-8,10-13H,3,9H2,1-2H3;1-8H;2-8,14H,1H3. The Morgan fingerprint density at radius 1 is 0.638 bits per heavy atom. The first-order valence-corrected chi connectivity index (χ1v) is 15.8. The third-order valence-electron chi connectivity index (χ3n) is 8.01. The highest BCUT2D eigenvalue weighted by molar-refractivity contribution is 6.07. The molecule has 6 aromatic rings. The minimum Gasteiger partial charge on any atom is -0.355 e. The van der Waals surface area contributed by atoms with Gasteiger partial charge in [-0.1, -0.05) is 96.1 Å². The van der Waals surface area contributed by atoms with E-state index in [0.717, 1.165) is 24.1 Å². The maximum Gasteiger partial charge on any atom is 0.0991 e. The molecule has 1 aliphatic rings. The molecule has 0 saturated heterocycles. The quantitative estimate of drug-likeness (QED) is 0.216. The Morgan fingerprint density at radius 3 is 1.85 bits per heavy atom. The van der Waals surface area contributed by atoms with Crippen LogP contribution in [0.4, 0.5) is 5.69 Å². The molecule has 0 spiro atoms. The molecule has 0 aliphatic heterocycles. The molecule has 0 unspecified atom stereocenters. The molecule has 0 fully saturated rings. The van der Waals surface area contributed by atoms with E-state index in [-0.39, 0.29) is 0 Å². The van der Waals surface area contributed by atoms with Gasteiger partial charge in [0, 0.05) is 46.2 Å². The number of hydrogen-bond donors (Lipinski definition) is 1. The molecule has 1 aromatic heterocycles. The number of nitrogens with one attached hydrogen (secondary N) is 1. The highest BCUT2D eigenvalue weighted by Crippen LogP contribution is 2.26. The Labute approximate surface area is 277 Å². The van der Waals surface area contributed by atoms with Crippen molar-refractivity contribution in [1.29, 1.82) is 10.5 Å². The summed E-state index contributed by atoms with van der Waals surface area (Å²) in [5, 5.41) is 20.0. The Hall–Kier alpha value is -6.10. The van der Waals surface area contributed by atoms with Gasteiger partial charge in [-0.15, -0.1) is 0 Å². The fourth-order valence-corrected chi connectivity index (χ4v) is 5.48. The lowest BCUT2D eigenvalue weighted by atomic mass is 10.0. The van der Waals surface area contributed by atoms with Crippen LogP contribution in [-0.4, -0.2) is 11.5 Å². The van der Waals surface area contributed by atoms with Crippen molar-refractivity contribution in [3.05, 3.63) is 174 Å². The summed E-state index contributed by atoms with van der Waals surface area (Å²) in [4.78, 5) is 5.77. The molecule has 0 bridgehead atoms. The van der Waals surface area contributed by atoms with Gasteiger partial charge in [0.1, 0.15) is 0 Å². The van der Waals surface area contributed by atoms with Crippen LogP contribution in [0.25, 0.3) is 32.9 Å². The number of aryl methyl sites for hydroxylation is 2. The summed E-state index contributed by atoms with van der Waals surface area (Å²) in [7, 11) is 0. The number of para-hydroxylation sites is 1. The summed E-state index contributed by atoms with van der Waals surface area (Å²) >= 11 is 0. The van der Waals surface area contributed by atoms with Crippen LogP contribution in [-0.2, 0) is 0 Å². The van der Waals surface area contributed by atoms with Crippen molar-refractivity contribution in [2.24, 2.45) is 0 Å². The number of nitrogens with zero attached hydrogens (tertiary/aromatic N) is 3. The zero-order valence-corrected chi connectivity index (χ0v) is 27.1. The summed E-state index contributed by atoms with van der Waals surface area (Å²) in [5.74, 6) is 0. The van der Waals surface area contributed by atoms with Crippen molar-refractivity contribution in [1.82, 2.24) is 4.98 Å². The maximum atomic E-state index is 8.68. The SMILES string of the molecule is CCN(C1=CC=CC=CC1)c1ccc(C)cc1.Cc1ccc2[nH]c3ccccc3c2c1.N#Cc1ccc(-c2ccc(C#N)cc2)cc1. The van der Waals surface area contributed by atoms with E-state index in [0.29, 0.717) is 11.1 Å². The largest absolute Gasteiger partial charge is 0.355 e. The summed E-state index contributed by atoms with van der Waals surface area (Å²) in [6.07, 6.45) is 11.7. The van der Waals surface area contributed by atoms with Crippen LogP contribution in [0.3, 0.4) is 0 Å². The number of aromatic nitrogens is 1. The fraction of sp³-hybridized carbons (Fsp3) is 0.116. The second-order valence-corrected chi connectivity index (χ2v) is 11.4. The van der Waals surface area contributed by atoms with Crippen molar-refractivity contribution < 1.29 is 0 Å². The second kappa shape index (κ2) is 15.8. The summed E-state index contributed by atoms with van der Waals surface area (Å²) in [6, 6.07) is 42.6. The number of hydrogen-bond acceptors (Lipinski definition) is 3. The number of aromatic amines is 1. The predicted molar refractivity (Wildman–Crippen MR) is 197 cm³/mol. The third-order valence-corrected chi connectivity index (χ3v) is 8.01. The van der Waals surface area contributed by atoms with Crippen molar-refractivity contribution in [2.75, 3.05) is 11.4 Å². The first-order chi connectivity index (χ1) is 23.0. The average Bonchev–Trinajstić information content (AvgIpc) is 3.27. The zero-order chi connectivity index (χ0) is 33.0. The molecule has 1 N–H and O–H groups in total. The van der Waals surface area contributed by atoms with E-state index in [1.54, 1.807) is 24.3 Å². The first-order valence-electron chi connectivity index (χ1n) is 15.8. The van der Waals surface area contributed by atoms with Gasteiger partial charge >= 0.3 is 0 Å². The number of allylic oxidation sites excluding steroid dienone is 5. The molecule has 7 rings (SSSR count). The van der Waals surface area contributed by atoms with Crippen LogP contribution in [0.2, 0.25) is 0 Å². The summed E-state index contributed by atoms with van der Waals surface area (Å²) in [5.41, 5.74) is 11.1. The van der Waals surface area contributed by atoms with Gasteiger partial charge in [-0.3, -0.25) is 0 Å². The maximum absolute atomic E-state index is 8.68. The first kappa shape index (κ1) is 32.3.